The molecule has 2 aromatic heterocycles. The predicted molar refractivity (Wildman–Crippen MR) is 142 cm³/mol. The average Bonchev–Trinajstić information content (AvgIpc) is 2.88. The standard InChI is InChI=1S/C31H28F5N3.Pt/c1-29(2,19-11-8-7-9-12-19)24-13-10-14-25(38-24)30(3,4)26-18-20(39(5)6)17-23(37-26)21-15-16-22(32)27(28(21)33)31(34,35)36;/h7-11,13-14,16-18H,1-6H3;/q-2;+2. The summed E-state index contributed by atoms with van der Waals surface area (Å²) >= 11 is 0. The van der Waals surface area contributed by atoms with E-state index >= 15 is 4.39 Å². The maximum atomic E-state index is 15.1. The normalized spacial score (nSPS) is 12.2. The molecule has 0 saturated heterocycles. The van der Waals surface area contributed by atoms with Gasteiger partial charge in [-0.2, -0.15) is 49.1 Å². The van der Waals surface area contributed by atoms with Crippen molar-refractivity contribution in [3.8, 4) is 11.3 Å². The Balaban J connectivity index is 0.00000441. The van der Waals surface area contributed by atoms with Crippen molar-refractivity contribution in [2.45, 2.75) is 44.7 Å². The molecule has 0 atom stereocenters. The van der Waals surface area contributed by atoms with Gasteiger partial charge in [-0.15, -0.1) is 12.1 Å². The van der Waals surface area contributed by atoms with Gasteiger partial charge in [0.1, 0.15) is 0 Å². The fraction of sp³-hybridized carbons (Fsp3) is 0.290. The van der Waals surface area contributed by atoms with Crippen LogP contribution in [0.2, 0.25) is 0 Å². The van der Waals surface area contributed by atoms with Crippen LogP contribution in [0.5, 0.6) is 0 Å². The van der Waals surface area contributed by atoms with Gasteiger partial charge >= 0.3 is 27.2 Å². The molecule has 2 aromatic carbocycles. The molecule has 3 nitrogen and oxygen atoms in total. The molecule has 0 saturated carbocycles. The molecular weight excluding hydrogens is 704 g/mol. The molecular formula is C31H28F5N3Pt. The molecule has 4 rings (SSSR count). The van der Waals surface area contributed by atoms with E-state index < -0.39 is 39.8 Å². The summed E-state index contributed by atoms with van der Waals surface area (Å²) in [4.78, 5) is 11.3. The van der Waals surface area contributed by atoms with Crippen LogP contribution in [0.4, 0.5) is 27.6 Å². The summed E-state index contributed by atoms with van der Waals surface area (Å²) in [5.74, 6) is -3.48. The van der Waals surface area contributed by atoms with Gasteiger partial charge in [0.25, 0.3) is 0 Å². The van der Waals surface area contributed by atoms with Crippen LogP contribution in [0.15, 0.2) is 60.7 Å². The zero-order chi connectivity index (χ0) is 28.8. The van der Waals surface area contributed by atoms with Crippen molar-refractivity contribution in [2.24, 2.45) is 0 Å². The Morgan fingerprint density at radius 1 is 0.775 bits per heavy atom. The van der Waals surface area contributed by atoms with Crippen LogP contribution < -0.4 is 4.90 Å². The van der Waals surface area contributed by atoms with E-state index in [1.54, 1.807) is 25.1 Å². The zero-order valence-electron chi connectivity index (χ0n) is 22.8. The molecule has 0 radical (unpaired) electrons. The van der Waals surface area contributed by atoms with Crippen molar-refractivity contribution < 1.29 is 43.0 Å². The molecule has 0 amide bonds. The van der Waals surface area contributed by atoms with E-state index in [4.69, 9.17) is 4.98 Å². The minimum Gasteiger partial charge on any atom is -0.378 e. The fourth-order valence-corrected chi connectivity index (χ4v) is 4.35. The van der Waals surface area contributed by atoms with E-state index in [0.717, 1.165) is 11.3 Å². The van der Waals surface area contributed by atoms with Crippen molar-refractivity contribution in [2.75, 3.05) is 19.0 Å². The van der Waals surface area contributed by atoms with Crippen molar-refractivity contribution in [3.63, 3.8) is 0 Å². The number of hydrogen-bond acceptors (Lipinski definition) is 3. The summed E-state index contributed by atoms with van der Waals surface area (Å²) in [6.45, 7) is 7.87. The minimum absolute atomic E-state index is 0. The third-order valence-electron chi connectivity index (χ3n) is 6.94. The minimum atomic E-state index is -5.22. The first-order chi connectivity index (χ1) is 18.1. The molecule has 4 aromatic rings. The number of alkyl halides is 3. The molecule has 0 N–H and O–H groups in total. The quantitative estimate of drug-likeness (QED) is 0.150. The second-order valence-corrected chi connectivity index (χ2v) is 10.6. The molecule has 0 aliphatic rings. The summed E-state index contributed by atoms with van der Waals surface area (Å²) in [5, 5.41) is 0. The molecule has 40 heavy (non-hydrogen) atoms. The Kier molecular flexibility index (Phi) is 8.95. The Bertz CT molecular complexity index is 1500. The topological polar surface area (TPSA) is 29.0 Å². The van der Waals surface area contributed by atoms with E-state index in [1.807, 2.05) is 70.2 Å². The fourth-order valence-electron chi connectivity index (χ4n) is 4.35. The molecule has 9 heteroatoms. The molecule has 2 heterocycles. The molecule has 0 aliphatic heterocycles. The van der Waals surface area contributed by atoms with Gasteiger partial charge in [-0.1, -0.05) is 31.5 Å². The summed E-state index contributed by atoms with van der Waals surface area (Å²) in [6.07, 6.45) is -5.22. The van der Waals surface area contributed by atoms with Crippen LogP contribution in [0.1, 0.15) is 55.9 Å². The van der Waals surface area contributed by atoms with Crippen LogP contribution in [0.3, 0.4) is 0 Å². The molecule has 212 valence electrons. The largest absolute Gasteiger partial charge is 2.00 e. The number of nitrogens with zero attached hydrogens (tertiary/aromatic N) is 3. The van der Waals surface area contributed by atoms with Gasteiger partial charge < -0.3 is 9.88 Å². The third-order valence-corrected chi connectivity index (χ3v) is 6.94. The first-order valence-electron chi connectivity index (χ1n) is 12.3. The van der Waals surface area contributed by atoms with Crippen LogP contribution in [0.25, 0.3) is 11.3 Å². The number of hydrogen-bond donors (Lipinski definition) is 0. The Hall–Kier alpha value is -3.12. The SMILES string of the molecule is CN(C)c1cc(-c2[c-]cc(F)c(C(F)(F)F)c2F)nc(C(C)(C)c2cccc(C(C)(C)c3[c-]cccc3)n2)c1.[Pt+2]. The summed E-state index contributed by atoms with van der Waals surface area (Å²) in [6, 6.07) is 22.6. The van der Waals surface area contributed by atoms with Crippen LogP contribution >= 0.6 is 0 Å². The summed E-state index contributed by atoms with van der Waals surface area (Å²) < 4.78 is 69.3. The number of rotatable bonds is 6. The van der Waals surface area contributed by atoms with Gasteiger partial charge in [-0.05, 0) is 37.7 Å². The van der Waals surface area contributed by atoms with Gasteiger partial charge in [0.2, 0.25) is 0 Å². The van der Waals surface area contributed by atoms with E-state index in [1.165, 1.54) is 6.07 Å². The van der Waals surface area contributed by atoms with Crippen LogP contribution in [0, 0.1) is 23.8 Å². The summed E-state index contributed by atoms with van der Waals surface area (Å²) in [5.41, 5.74) is -0.477. The first-order valence-corrected chi connectivity index (χ1v) is 12.3. The maximum absolute atomic E-state index is 15.1. The van der Waals surface area contributed by atoms with Crippen molar-refractivity contribution in [1.29, 1.82) is 0 Å². The molecule has 0 aliphatic carbocycles. The van der Waals surface area contributed by atoms with Gasteiger partial charge in [0, 0.05) is 47.6 Å². The predicted octanol–water partition coefficient (Wildman–Crippen LogP) is 7.76. The summed E-state index contributed by atoms with van der Waals surface area (Å²) in [7, 11) is 3.50. The molecule has 0 fully saturated rings. The molecule has 0 unspecified atom stereocenters. The second kappa shape index (κ2) is 11.4. The zero-order valence-corrected chi connectivity index (χ0v) is 25.1. The Labute approximate surface area is 245 Å². The van der Waals surface area contributed by atoms with Crippen molar-refractivity contribution in [3.05, 3.63) is 113 Å². The third kappa shape index (κ3) is 5.97. The van der Waals surface area contributed by atoms with Crippen molar-refractivity contribution in [1.82, 2.24) is 9.97 Å². The van der Waals surface area contributed by atoms with Crippen LogP contribution in [-0.4, -0.2) is 24.1 Å². The first kappa shape index (κ1) is 31.4. The average molecular weight is 733 g/mol. The smallest absolute Gasteiger partial charge is 0.378 e. The van der Waals surface area contributed by atoms with Gasteiger partial charge in [0.15, 0.2) is 0 Å². The van der Waals surface area contributed by atoms with Crippen molar-refractivity contribution >= 4 is 5.69 Å². The Morgan fingerprint density at radius 3 is 2.00 bits per heavy atom. The maximum Gasteiger partial charge on any atom is 2.00 e. The van der Waals surface area contributed by atoms with E-state index in [9.17, 15) is 17.6 Å². The number of halogens is 5. The van der Waals surface area contributed by atoms with Gasteiger partial charge in [-0.25, -0.2) is 0 Å². The van der Waals surface area contributed by atoms with E-state index in [-0.39, 0.29) is 26.8 Å². The van der Waals surface area contributed by atoms with Gasteiger partial charge in [-0.3, -0.25) is 13.8 Å². The number of aromatic nitrogens is 2. The number of anilines is 1. The number of benzene rings is 2. The molecule has 0 spiro atoms. The monoisotopic (exact) mass is 732 g/mol. The molecule has 0 bridgehead atoms. The van der Waals surface area contributed by atoms with Crippen LogP contribution in [-0.2, 0) is 38.1 Å². The van der Waals surface area contributed by atoms with E-state index in [2.05, 4.69) is 17.1 Å². The Morgan fingerprint density at radius 2 is 1.43 bits per heavy atom. The second-order valence-electron chi connectivity index (χ2n) is 10.6. The van der Waals surface area contributed by atoms with Gasteiger partial charge in [0.05, 0.1) is 17.3 Å². The number of pyridine rings is 2. The van der Waals surface area contributed by atoms with E-state index in [0.29, 0.717) is 23.1 Å².